The van der Waals surface area contributed by atoms with E-state index in [1.165, 1.54) is 11.1 Å². The molecule has 2 aliphatic carbocycles. The van der Waals surface area contributed by atoms with Crippen LogP contribution in [0.15, 0.2) is 72.1 Å². The molecule has 0 fully saturated rings. The van der Waals surface area contributed by atoms with Crippen molar-refractivity contribution in [1.29, 1.82) is 0 Å². The van der Waals surface area contributed by atoms with Crippen LogP contribution in [-0.4, -0.2) is 11.7 Å². The van der Waals surface area contributed by atoms with E-state index >= 15 is 0 Å². The summed E-state index contributed by atoms with van der Waals surface area (Å²) in [6.07, 6.45) is 7.28. The van der Waals surface area contributed by atoms with Crippen molar-refractivity contribution in [2.45, 2.75) is 6.92 Å². The van der Waals surface area contributed by atoms with E-state index in [4.69, 9.17) is 5.11 Å². The van der Waals surface area contributed by atoms with Crippen molar-refractivity contribution < 1.29 is 9.50 Å². The molecule has 0 radical (unpaired) electrons. The van der Waals surface area contributed by atoms with E-state index in [-0.39, 0.29) is 0 Å². The van der Waals surface area contributed by atoms with Gasteiger partial charge >= 0.3 is 0 Å². The van der Waals surface area contributed by atoms with Crippen molar-refractivity contribution in [3.05, 3.63) is 77.7 Å². The first-order valence-corrected chi connectivity index (χ1v) is 6.51. The van der Waals surface area contributed by atoms with Crippen LogP contribution in [0.2, 0.25) is 0 Å². The SMILES string of the molecule is CC(/C=C/C=C/c1ccc2cccccc1-2)=C(/F)CO. The standard InChI is InChI=1S/C18H17FO/c1-14(18(19)13-20)7-5-6-9-16-12-11-15-8-3-2-4-10-17(15)16/h2-12,20H,13H2,1H3/b7-5+,9-6+,18-14-. The van der Waals surface area contributed by atoms with Crippen LogP contribution in [0.5, 0.6) is 0 Å². The summed E-state index contributed by atoms with van der Waals surface area (Å²) in [4.78, 5) is 0. The predicted octanol–water partition coefficient (Wildman–Crippen LogP) is 4.60. The maximum Gasteiger partial charge on any atom is 0.128 e. The summed E-state index contributed by atoms with van der Waals surface area (Å²) in [7, 11) is 0. The third kappa shape index (κ3) is 3.43. The Kier molecular flexibility index (Phi) is 4.85. The molecule has 0 spiro atoms. The average Bonchev–Trinajstić information content (AvgIpc) is 2.70. The number of allylic oxidation sites excluding steroid dienone is 4. The fourth-order valence-corrected chi connectivity index (χ4v) is 1.96. The van der Waals surface area contributed by atoms with Gasteiger partial charge in [-0.15, -0.1) is 0 Å². The molecule has 0 heterocycles. The van der Waals surface area contributed by atoms with E-state index < -0.39 is 12.4 Å². The molecule has 0 aromatic heterocycles. The summed E-state index contributed by atoms with van der Waals surface area (Å²) in [5, 5.41) is 8.67. The number of aliphatic hydroxyl groups is 1. The Hall–Kier alpha value is -2.19. The average molecular weight is 268 g/mol. The summed E-state index contributed by atoms with van der Waals surface area (Å²) >= 11 is 0. The topological polar surface area (TPSA) is 20.2 Å². The third-order valence-corrected chi connectivity index (χ3v) is 3.13. The Morgan fingerprint density at radius 1 is 1.10 bits per heavy atom. The highest BCUT2D eigenvalue weighted by Gasteiger charge is 2.03. The minimum atomic E-state index is -0.552. The largest absolute Gasteiger partial charge is 0.389 e. The molecule has 1 nitrogen and oxygen atoms in total. The first-order valence-electron chi connectivity index (χ1n) is 6.51. The van der Waals surface area contributed by atoms with E-state index in [1.807, 2.05) is 30.4 Å². The van der Waals surface area contributed by atoms with Gasteiger partial charge in [0, 0.05) is 0 Å². The molecule has 2 rings (SSSR count). The van der Waals surface area contributed by atoms with Crippen molar-refractivity contribution in [3.8, 4) is 11.1 Å². The highest BCUT2D eigenvalue weighted by molar-refractivity contribution is 5.78. The van der Waals surface area contributed by atoms with Crippen LogP contribution < -0.4 is 0 Å². The molecule has 0 saturated heterocycles. The fourth-order valence-electron chi connectivity index (χ4n) is 1.96. The summed E-state index contributed by atoms with van der Waals surface area (Å²) in [6.45, 7) is 1.08. The molecule has 20 heavy (non-hydrogen) atoms. The minimum Gasteiger partial charge on any atom is -0.389 e. The number of hydrogen-bond donors (Lipinski definition) is 1. The second-order valence-electron chi connectivity index (χ2n) is 4.53. The molecule has 0 bridgehead atoms. The van der Waals surface area contributed by atoms with Crippen LogP contribution >= 0.6 is 0 Å². The van der Waals surface area contributed by atoms with E-state index in [2.05, 4.69) is 24.3 Å². The van der Waals surface area contributed by atoms with Gasteiger partial charge in [0.1, 0.15) is 5.83 Å². The fraction of sp³-hybridized carbons (Fsp3) is 0.111. The summed E-state index contributed by atoms with van der Waals surface area (Å²) in [5.74, 6) is -0.500. The molecular weight excluding hydrogens is 251 g/mol. The Bertz CT molecular complexity index is 638. The second kappa shape index (κ2) is 6.83. The quantitative estimate of drug-likeness (QED) is 0.804. The summed E-state index contributed by atoms with van der Waals surface area (Å²) < 4.78 is 13.0. The van der Waals surface area contributed by atoms with E-state index in [0.29, 0.717) is 5.57 Å². The van der Waals surface area contributed by atoms with Crippen molar-refractivity contribution in [2.75, 3.05) is 6.61 Å². The molecule has 0 saturated carbocycles. The zero-order chi connectivity index (χ0) is 14.4. The van der Waals surface area contributed by atoms with Crippen LogP contribution in [0.4, 0.5) is 4.39 Å². The zero-order valence-electron chi connectivity index (χ0n) is 11.4. The van der Waals surface area contributed by atoms with Gasteiger partial charge in [-0.1, -0.05) is 66.8 Å². The lowest BCUT2D eigenvalue weighted by Crippen LogP contribution is -1.85. The lowest BCUT2D eigenvalue weighted by Gasteiger charge is -1.95. The predicted molar refractivity (Wildman–Crippen MR) is 82.1 cm³/mol. The smallest absolute Gasteiger partial charge is 0.128 e. The Labute approximate surface area is 118 Å². The first kappa shape index (κ1) is 14.2. The number of rotatable bonds is 4. The summed E-state index contributed by atoms with van der Waals surface area (Å²) in [6, 6.07) is 14.3. The lowest BCUT2D eigenvalue weighted by molar-refractivity contribution is 0.296. The van der Waals surface area contributed by atoms with Gasteiger partial charge in [-0.05, 0) is 29.2 Å². The van der Waals surface area contributed by atoms with Crippen molar-refractivity contribution in [3.63, 3.8) is 0 Å². The van der Waals surface area contributed by atoms with Crippen LogP contribution in [0.25, 0.3) is 17.2 Å². The zero-order valence-corrected chi connectivity index (χ0v) is 11.4. The molecule has 102 valence electrons. The van der Waals surface area contributed by atoms with Crippen LogP contribution in [0, 0.1) is 0 Å². The van der Waals surface area contributed by atoms with Gasteiger partial charge in [-0.25, -0.2) is 4.39 Å². The van der Waals surface area contributed by atoms with Gasteiger partial charge in [-0.2, -0.15) is 0 Å². The Morgan fingerprint density at radius 3 is 2.70 bits per heavy atom. The van der Waals surface area contributed by atoms with Crippen LogP contribution in [0.3, 0.4) is 0 Å². The normalized spacial score (nSPS) is 13.3. The van der Waals surface area contributed by atoms with Crippen molar-refractivity contribution in [1.82, 2.24) is 0 Å². The molecule has 0 amide bonds. The highest BCUT2D eigenvalue weighted by Crippen LogP contribution is 2.27. The molecule has 0 aliphatic heterocycles. The number of hydrogen-bond acceptors (Lipinski definition) is 1. The second-order valence-corrected chi connectivity index (χ2v) is 4.53. The van der Waals surface area contributed by atoms with Crippen molar-refractivity contribution in [2.24, 2.45) is 0 Å². The molecule has 2 heteroatoms. The molecule has 0 aromatic rings. The number of fused-ring (bicyclic) bond motifs is 1. The van der Waals surface area contributed by atoms with Crippen LogP contribution in [-0.2, 0) is 0 Å². The maximum atomic E-state index is 13.0. The minimum absolute atomic E-state index is 0.441. The molecule has 1 N–H and O–H groups in total. The number of aliphatic hydroxyl groups excluding tert-OH is 1. The lowest BCUT2D eigenvalue weighted by atomic mass is 10.1. The molecule has 0 aromatic carbocycles. The highest BCUT2D eigenvalue weighted by atomic mass is 19.1. The first-order chi connectivity index (χ1) is 9.72. The van der Waals surface area contributed by atoms with Gasteiger partial charge < -0.3 is 5.11 Å². The van der Waals surface area contributed by atoms with Gasteiger partial charge in [0.05, 0.1) is 6.61 Å². The Balaban J connectivity index is 2.15. The van der Waals surface area contributed by atoms with Gasteiger partial charge in [0.2, 0.25) is 0 Å². The van der Waals surface area contributed by atoms with Gasteiger partial charge in [-0.3, -0.25) is 0 Å². The Morgan fingerprint density at radius 2 is 1.90 bits per heavy atom. The molecule has 0 unspecified atom stereocenters. The molecular formula is C18H17FO. The molecule has 0 atom stereocenters. The van der Waals surface area contributed by atoms with Crippen LogP contribution in [0.1, 0.15) is 12.5 Å². The maximum absolute atomic E-state index is 13.0. The summed E-state index contributed by atoms with van der Waals surface area (Å²) in [5.41, 5.74) is 3.95. The van der Waals surface area contributed by atoms with Gasteiger partial charge in [0.15, 0.2) is 0 Å². The van der Waals surface area contributed by atoms with E-state index in [9.17, 15) is 4.39 Å². The van der Waals surface area contributed by atoms with E-state index in [1.54, 1.807) is 19.1 Å². The number of halogens is 1. The van der Waals surface area contributed by atoms with Crippen molar-refractivity contribution >= 4 is 6.08 Å². The molecule has 2 aliphatic rings. The monoisotopic (exact) mass is 268 g/mol. The van der Waals surface area contributed by atoms with Gasteiger partial charge in [0.25, 0.3) is 0 Å². The third-order valence-electron chi connectivity index (χ3n) is 3.13. The van der Waals surface area contributed by atoms with E-state index in [0.717, 1.165) is 5.56 Å².